The molecule has 0 bridgehead atoms. The molecule has 1 saturated carbocycles. The summed E-state index contributed by atoms with van der Waals surface area (Å²) < 4.78 is 0. The molecule has 2 rings (SSSR count). The number of rotatable bonds is 5. The molecule has 2 nitrogen and oxygen atoms in total. The van der Waals surface area contributed by atoms with E-state index in [4.69, 9.17) is 0 Å². The van der Waals surface area contributed by atoms with Crippen LogP contribution >= 0.6 is 11.3 Å². The minimum absolute atomic E-state index is 0.846. The van der Waals surface area contributed by atoms with Crippen LogP contribution in [0.15, 0.2) is 10.9 Å². The van der Waals surface area contributed by atoms with Gasteiger partial charge in [-0.3, -0.25) is 0 Å². The number of aromatic nitrogens is 1. The average Bonchev–Trinajstić information content (AvgIpc) is 2.86. The highest BCUT2D eigenvalue weighted by atomic mass is 32.1. The lowest BCUT2D eigenvalue weighted by atomic mass is 10.1. The fraction of sp³-hybridized carbons (Fsp3) is 0.700. The second kappa shape index (κ2) is 4.20. The molecule has 1 aliphatic rings. The van der Waals surface area contributed by atoms with E-state index in [1.54, 1.807) is 11.3 Å². The number of nitrogens with one attached hydrogen (secondary N) is 1. The first-order chi connectivity index (χ1) is 6.36. The van der Waals surface area contributed by atoms with E-state index in [1.165, 1.54) is 18.5 Å². The molecule has 1 fully saturated rings. The zero-order chi connectivity index (χ0) is 9.10. The van der Waals surface area contributed by atoms with Gasteiger partial charge in [-0.1, -0.05) is 6.92 Å². The van der Waals surface area contributed by atoms with Gasteiger partial charge in [0, 0.05) is 11.9 Å². The van der Waals surface area contributed by atoms with Crippen LogP contribution in [0.5, 0.6) is 0 Å². The third-order valence-electron chi connectivity index (χ3n) is 2.68. The molecule has 0 spiro atoms. The van der Waals surface area contributed by atoms with E-state index in [-0.39, 0.29) is 0 Å². The van der Waals surface area contributed by atoms with Gasteiger partial charge < -0.3 is 5.32 Å². The Hall–Kier alpha value is -0.410. The number of nitrogens with zero attached hydrogens (tertiary/aromatic N) is 1. The molecule has 1 aliphatic carbocycles. The molecule has 1 atom stereocenters. The van der Waals surface area contributed by atoms with Crippen LogP contribution in [0.25, 0.3) is 0 Å². The Morgan fingerprint density at radius 3 is 3.15 bits per heavy atom. The van der Waals surface area contributed by atoms with Crippen molar-refractivity contribution >= 4 is 11.3 Å². The van der Waals surface area contributed by atoms with E-state index < -0.39 is 0 Å². The SMILES string of the molecule is CC(CNCc1cscn1)C1CC1. The molecule has 1 N–H and O–H groups in total. The quantitative estimate of drug-likeness (QED) is 0.781. The fourth-order valence-corrected chi connectivity index (χ4v) is 2.14. The van der Waals surface area contributed by atoms with Gasteiger partial charge >= 0.3 is 0 Å². The van der Waals surface area contributed by atoms with Crippen molar-refractivity contribution in [1.82, 2.24) is 10.3 Å². The van der Waals surface area contributed by atoms with Crippen LogP contribution in [-0.2, 0) is 6.54 Å². The van der Waals surface area contributed by atoms with E-state index >= 15 is 0 Å². The van der Waals surface area contributed by atoms with Crippen LogP contribution in [-0.4, -0.2) is 11.5 Å². The number of thiazole rings is 1. The van der Waals surface area contributed by atoms with E-state index in [9.17, 15) is 0 Å². The van der Waals surface area contributed by atoms with Crippen LogP contribution in [0.2, 0.25) is 0 Å². The minimum atomic E-state index is 0.846. The van der Waals surface area contributed by atoms with Crippen LogP contribution in [0.4, 0.5) is 0 Å². The van der Waals surface area contributed by atoms with Crippen LogP contribution in [0, 0.1) is 11.8 Å². The largest absolute Gasteiger partial charge is 0.311 e. The number of hydrogen-bond donors (Lipinski definition) is 1. The summed E-state index contributed by atoms with van der Waals surface area (Å²) >= 11 is 1.67. The maximum atomic E-state index is 4.23. The van der Waals surface area contributed by atoms with Gasteiger partial charge in [-0.25, -0.2) is 4.98 Å². The second-order valence-corrected chi connectivity index (χ2v) is 4.64. The minimum Gasteiger partial charge on any atom is -0.311 e. The first-order valence-corrected chi connectivity index (χ1v) is 5.88. The molecule has 0 aliphatic heterocycles. The summed E-state index contributed by atoms with van der Waals surface area (Å²) in [6, 6.07) is 0. The van der Waals surface area contributed by atoms with Gasteiger partial charge in [0.1, 0.15) is 0 Å². The topological polar surface area (TPSA) is 24.9 Å². The Kier molecular flexibility index (Phi) is 2.96. The van der Waals surface area contributed by atoms with Gasteiger partial charge in [0.25, 0.3) is 0 Å². The van der Waals surface area contributed by atoms with E-state index in [0.29, 0.717) is 0 Å². The first-order valence-electron chi connectivity index (χ1n) is 4.94. The molecule has 1 aromatic rings. The second-order valence-electron chi connectivity index (χ2n) is 3.93. The molecular weight excluding hydrogens is 180 g/mol. The Balaban J connectivity index is 1.63. The molecule has 3 heteroatoms. The molecule has 1 aromatic heterocycles. The molecule has 72 valence electrons. The van der Waals surface area contributed by atoms with Gasteiger partial charge in [0.05, 0.1) is 11.2 Å². The highest BCUT2D eigenvalue weighted by Gasteiger charge is 2.27. The maximum Gasteiger partial charge on any atom is 0.0795 e. The van der Waals surface area contributed by atoms with Gasteiger partial charge in [0.2, 0.25) is 0 Å². The first kappa shape index (κ1) is 9.16. The number of hydrogen-bond acceptors (Lipinski definition) is 3. The zero-order valence-corrected chi connectivity index (χ0v) is 8.81. The van der Waals surface area contributed by atoms with Crippen molar-refractivity contribution in [1.29, 1.82) is 0 Å². The molecule has 0 radical (unpaired) electrons. The van der Waals surface area contributed by atoms with Crippen LogP contribution in [0.1, 0.15) is 25.5 Å². The summed E-state index contributed by atoms with van der Waals surface area (Å²) in [6.45, 7) is 4.41. The van der Waals surface area contributed by atoms with Crippen molar-refractivity contribution < 1.29 is 0 Å². The van der Waals surface area contributed by atoms with E-state index in [0.717, 1.165) is 24.9 Å². The van der Waals surface area contributed by atoms with Crippen molar-refractivity contribution in [2.75, 3.05) is 6.54 Å². The highest BCUT2D eigenvalue weighted by Crippen LogP contribution is 2.36. The molecular formula is C10H16N2S. The summed E-state index contributed by atoms with van der Waals surface area (Å²) in [5.74, 6) is 1.85. The summed E-state index contributed by atoms with van der Waals surface area (Å²) in [6.07, 6.45) is 2.89. The van der Waals surface area contributed by atoms with Gasteiger partial charge in [-0.05, 0) is 31.2 Å². The maximum absolute atomic E-state index is 4.23. The summed E-state index contributed by atoms with van der Waals surface area (Å²) in [5, 5.41) is 5.56. The third kappa shape index (κ3) is 2.78. The normalized spacial score (nSPS) is 18.8. The summed E-state index contributed by atoms with van der Waals surface area (Å²) in [7, 11) is 0. The van der Waals surface area contributed by atoms with Crippen molar-refractivity contribution in [2.45, 2.75) is 26.3 Å². The van der Waals surface area contributed by atoms with Crippen LogP contribution < -0.4 is 5.32 Å². The van der Waals surface area contributed by atoms with Gasteiger partial charge in [-0.15, -0.1) is 11.3 Å². The Morgan fingerprint density at radius 2 is 2.54 bits per heavy atom. The lowest BCUT2D eigenvalue weighted by Crippen LogP contribution is -2.21. The van der Waals surface area contributed by atoms with Gasteiger partial charge in [-0.2, -0.15) is 0 Å². The zero-order valence-electron chi connectivity index (χ0n) is 7.99. The molecule has 13 heavy (non-hydrogen) atoms. The molecule has 1 heterocycles. The average molecular weight is 196 g/mol. The Labute approximate surface area is 83.4 Å². The van der Waals surface area contributed by atoms with E-state index in [2.05, 4.69) is 22.6 Å². The van der Waals surface area contributed by atoms with Crippen molar-refractivity contribution in [3.63, 3.8) is 0 Å². The van der Waals surface area contributed by atoms with Crippen molar-refractivity contribution in [3.05, 3.63) is 16.6 Å². The summed E-state index contributed by atoms with van der Waals surface area (Å²) in [4.78, 5) is 4.23. The molecule has 0 aromatic carbocycles. The standard InChI is InChI=1S/C10H16N2S/c1-8(9-2-3-9)4-11-5-10-6-13-7-12-10/h6-9,11H,2-5H2,1H3. The third-order valence-corrected chi connectivity index (χ3v) is 3.32. The predicted octanol–water partition coefficient (Wildman–Crippen LogP) is 2.28. The summed E-state index contributed by atoms with van der Waals surface area (Å²) in [5.41, 5.74) is 3.06. The molecule has 0 amide bonds. The Morgan fingerprint density at radius 1 is 1.69 bits per heavy atom. The van der Waals surface area contributed by atoms with E-state index in [1.807, 2.05) is 5.51 Å². The van der Waals surface area contributed by atoms with Crippen molar-refractivity contribution in [3.8, 4) is 0 Å². The predicted molar refractivity (Wildman–Crippen MR) is 55.7 cm³/mol. The molecule has 1 unspecified atom stereocenters. The lowest BCUT2D eigenvalue weighted by Gasteiger charge is -2.09. The molecule has 0 saturated heterocycles. The van der Waals surface area contributed by atoms with Crippen LogP contribution in [0.3, 0.4) is 0 Å². The monoisotopic (exact) mass is 196 g/mol. The fourth-order valence-electron chi connectivity index (χ4n) is 1.58. The Bertz CT molecular complexity index is 241. The highest BCUT2D eigenvalue weighted by molar-refractivity contribution is 7.07. The van der Waals surface area contributed by atoms with Gasteiger partial charge in [0.15, 0.2) is 0 Å². The smallest absolute Gasteiger partial charge is 0.0795 e. The lowest BCUT2D eigenvalue weighted by molar-refractivity contribution is 0.460. The van der Waals surface area contributed by atoms with Crippen molar-refractivity contribution in [2.24, 2.45) is 11.8 Å².